The van der Waals surface area contributed by atoms with Gasteiger partial charge < -0.3 is 4.90 Å². The number of hydrogen-bond acceptors (Lipinski definition) is 1. The molecule has 0 aliphatic carbocycles. The highest BCUT2D eigenvalue weighted by atomic mass is 35.5. The molecule has 0 atom stereocenters. The summed E-state index contributed by atoms with van der Waals surface area (Å²) in [5.41, 5.74) is 4.19. The number of hydrogen-bond donors (Lipinski definition) is 0. The third-order valence-electron chi connectivity index (χ3n) is 4.16. The molecule has 3 rings (SSSR count). The number of carbonyl (C=O) groups is 1. The standard InChI is InChI=1S/C20H20ClNO/c1-2-3-12-22-19(15-8-10-18(21)11-9-15)13-16-6-4-5-7-17(16)14-20(22)23/h4-11,13H,2-3,12,14H2,1H3. The summed E-state index contributed by atoms with van der Waals surface area (Å²) in [6, 6.07) is 15.8. The molecule has 0 unspecified atom stereocenters. The molecule has 2 aromatic rings. The van der Waals surface area contributed by atoms with Crippen LogP contribution < -0.4 is 0 Å². The zero-order chi connectivity index (χ0) is 16.2. The Hall–Kier alpha value is -2.06. The third kappa shape index (κ3) is 3.48. The fourth-order valence-electron chi connectivity index (χ4n) is 2.88. The summed E-state index contributed by atoms with van der Waals surface area (Å²) in [5.74, 6) is 0.157. The minimum absolute atomic E-state index is 0.157. The molecule has 2 nitrogen and oxygen atoms in total. The summed E-state index contributed by atoms with van der Waals surface area (Å²) < 4.78 is 0. The average Bonchev–Trinajstić information content (AvgIpc) is 2.70. The SMILES string of the molecule is CCCCN1C(=O)Cc2ccccc2C=C1c1ccc(Cl)cc1. The van der Waals surface area contributed by atoms with Gasteiger partial charge in [-0.15, -0.1) is 0 Å². The van der Waals surface area contributed by atoms with Gasteiger partial charge in [0.05, 0.1) is 12.1 Å². The van der Waals surface area contributed by atoms with Crippen LogP contribution in [0.25, 0.3) is 11.8 Å². The van der Waals surface area contributed by atoms with E-state index in [2.05, 4.69) is 19.1 Å². The van der Waals surface area contributed by atoms with Crippen LogP contribution in [0.5, 0.6) is 0 Å². The Labute approximate surface area is 142 Å². The molecule has 0 N–H and O–H groups in total. The van der Waals surface area contributed by atoms with Gasteiger partial charge in [-0.2, -0.15) is 0 Å². The number of nitrogens with zero attached hydrogens (tertiary/aromatic N) is 1. The van der Waals surface area contributed by atoms with Crippen LogP contribution in [0, 0.1) is 0 Å². The Bertz CT molecular complexity index is 734. The van der Waals surface area contributed by atoms with Crippen molar-refractivity contribution >= 4 is 29.3 Å². The lowest BCUT2D eigenvalue weighted by Crippen LogP contribution is -2.30. The molecule has 0 fully saturated rings. The van der Waals surface area contributed by atoms with Gasteiger partial charge in [-0.25, -0.2) is 0 Å². The molecule has 1 aliphatic rings. The van der Waals surface area contributed by atoms with Crippen molar-refractivity contribution in [3.8, 4) is 0 Å². The van der Waals surface area contributed by atoms with Crippen LogP contribution in [-0.2, 0) is 11.2 Å². The van der Waals surface area contributed by atoms with Crippen molar-refractivity contribution in [3.05, 3.63) is 70.2 Å². The molecule has 0 saturated carbocycles. The highest BCUT2D eigenvalue weighted by molar-refractivity contribution is 6.30. The van der Waals surface area contributed by atoms with Crippen LogP contribution in [0.2, 0.25) is 5.02 Å². The first kappa shape index (κ1) is 15.8. The molecule has 0 spiro atoms. The van der Waals surface area contributed by atoms with Gasteiger partial charge in [0.25, 0.3) is 0 Å². The molecule has 0 bridgehead atoms. The minimum atomic E-state index is 0.157. The van der Waals surface area contributed by atoms with E-state index in [1.54, 1.807) is 0 Å². The predicted molar refractivity (Wildman–Crippen MR) is 96.1 cm³/mol. The van der Waals surface area contributed by atoms with Gasteiger partial charge in [-0.1, -0.05) is 61.3 Å². The molecule has 23 heavy (non-hydrogen) atoms. The van der Waals surface area contributed by atoms with E-state index in [1.807, 2.05) is 47.4 Å². The Kier molecular flexibility index (Phi) is 4.82. The van der Waals surface area contributed by atoms with Crippen molar-refractivity contribution in [1.82, 2.24) is 4.90 Å². The van der Waals surface area contributed by atoms with Crippen molar-refractivity contribution in [2.75, 3.05) is 6.54 Å². The van der Waals surface area contributed by atoms with Gasteiger partial charge >= 0.3 is 0 Å². The van der Waals surface area contributed by atoms with E-state index in [0.29, 0.717) is 11.4 Å². The van der Waals surface area contributed by atoms with E-state index in [0.717, 1.165) is 41.8 Å². The maximum absolute atomic E-state index is 12.8. The van der Waals surface area contributed by atoms with Crippen molar-refractivity contribution < 1.29 is 4.79 Å². The van der Waals surface area contributed by atoms with E-state index >= 15 is 0 Å². The quantitative estimate of drug-likeness (QED) is 0.772. The molecule has 118 valence electrons. The second-order valence-electron chi connectivity index (χ2n) is 5.81. The van der Waals surface area contributed by atoms with Crippen molar-refractivity contribution in [2.24, 2.45) is 0 Å². The van der Waals surface area contributed by atoms with Gasteiger partial charge in [-0.3, -0.25) is 4.79 Å². The van der Waals surface area contributed by atoms with E-state index in [9.17, 15) is 4.79 Å². The highest BCUT2D eigenvalue weighted by Crippen LogP contribution is 2.29. The van der Waals surface area contributed by atoms with E-state index < -0.39 is 0 Å². The van der Waals surface area contributed by atoms with Gasteiger partial charge in [0, 0.05) is 11.6 Å². The van der Waals surface area contributed by atoms with Crippen molar-refractivity contribution in [2.45, 2.75) is 26.2 Å². The smallest absolute Gasteiger partial charge is 0.231 e. The van der Waals surface area contributed by atoms with Gasteiger partial charge in [0.15, 0.2) is 0 Å². The molecule has 0 saturated heterocycles. The van der Waals surface area contributed by atoms with Gasteiger partial charge in [0.2, 0.25) is 5.91 Å². The topological polar surface area (TPSA) is 20.3 Å². The maximum atomic E-state index is 12.8. The third-order valence-corrected chi connectivity index (χ3v) is 4.41. The molecule has 0 aromatic heterocycles. The molecule has 1 aliphatic heterocycles. The van der Waals surface area contributed by atoms with Crippen LogP contribution in [0.15, 0.2) is 48.5 Å². The average molecular weight is 326 g/mol. The van der Waals surface area contributed by atoms with E-state index in [1.165, 1.54) is 0 Å². The van der Waals surface area contributed by atoms with Crippen LogP contribution in [0.3, 0.4) is 0 Å². The summed E-state index contributed by atoms with van der Waals surface area (Å²) in [4.78, 5) is 14.7. The number of carbonyl (C=O) groups excluding carboxylic acids is 1. The van der Waals surface area contributed by atoms with Crippen LogP contribution in [0.4, 0.5) is 0 Å². The Morgan fingerprint density at radius 3 is 2.57 bits per heavy atom. The van der Waals surface area contributed by atoms with E-state index in [4.69, 9.17) is 11.6 Å². The summed E-state index contributed by atoms with van der Waals surface area (Å²) in [5, 5.41) is 0.704. The first-order valence-corrected chi connectivity index (χ1v) is 8.42. The Morgan fingerprint density at radius 2 is 1.83 bits per heavy atom. The number of benzene rings is 2. The van der Waals surface area contributed by atoms with Crippen molar-refractivity contribution in [1.29, 1.82) is 0 Å². The highest BCUT2D eigenvalue weighted by Gasteiger charge is 2.23. The lowest BCUT2D eigenvalue weighted by molar-refractivity contribution is -0.127. The van der Waals surface area contributed by atoms with Gasteiger partial charge in [0.1, 0.15) is 0 Å². The molecule has 1 amide bonds. The summed E-state index contributed by atoms with van der Waals surface area (Å²) in [6.45, 7) is 2.89. The number of fused-ring (bicyclic) bond motifs is 1. The number of unbranched alkanes of at least 4 members (excludes halogenated alkanes) is 1. The van der Waals surface area contributed by atoms with Crippen molar-refractivity contribution in [3.63, 3.8) is 0 Å². The van der Waals surface area contributed by atoms with Crippen LogP contribution >= 0.6 is 11.6 Å². The molecular weight excluding hydrogens is 306 g/mol. The van der Waals surface area contributed by atoms with Gasteiger partial charge in [-0.05, 0) is 41.3 Å². The first-order valence-electron chi connectivity index (χ1n) is 8.05. The summed E-state index contributed by atoms with van der Waals surface area (Å²) in [7, 11) is 0. The van der Waals surface area contributed by atoms with E-state index in [-0.39, 0.29) is 5.91 Å². The van der Waals surface area contributed by atoms with Crippen LogP contribution in [-0.4, -0.2) is 17.4 Å². The summed E-state index contributed by atoms with van der Waals surface area (Å²) >= 11 is 6.01. The number of amides is 1. The molecule has 1 heterocycles. The predicted octanol–water partition coefficient (Wildman–Crippen LogP) is 5.02. The maximum Gasteiger partial charge on any atom is 0.231 e. The van der Waals surface area contributed by atoms with Crippen LogP contribution in [0.1, 0.15) is 36.5 Å². The fraction of sp³-hybridized carbons (Fsp3) is 0.250. The lowest BCUT2D eigenvalue weighted by atomic mass is 10.0. The molecular formula is C20H20ClNO. The second kappa shape index (κ2) is 7.01. The molecule has 2 aromatic carbocycles. The number of halogens is 1. The Balaban J connectivity index is 2.09. The normalized spacial score (nSPS) is 14.3. The lowest BCUT2D eigenvalue weighted by Gasteiger charge is -2.24. The summed E-state index contributed by atoms with van der Waals surface area (Å²) in [6.07, 6.45) is 4.63. The largest absolute Gasteiger partial charge is 0.312 e. The monoisotopic (exact) mass is 325 g/mol. The number of rotatable bonds is 4. The molecule has 3 heteroatoms. The fourth-order valence-corrected chi connectivity index (χ4v) is 3.00. The zero-order valence-corrected chi connectivity index (χ0v) is 14.0. The molecule has 0 radical (unpaired) electrons. The second-order valence-corrected chi connectivity index (χ2v) is 6.25. The Morgan fingerprint density at radius 1 is 1.09 bits per heavy atom. The minimum Gasteiger partial charge on any atom is -0.312 e. The zero-order valence-electron chi connectivity index (χ0n) is 13.3. The first-order chi connectivity index (χ1) is 11.2.